The molecule has 0 amide bonds. The summed E-state index contributed by atoms with van der Waals surface area (Å²) in [6.45, 7) is 8.87. The molecule has 0 saturated heterocycles. The predicted octanol–water partition coefficient (Wildman–Crippen LogP) is 8.44. The Morgan fingerprint density at radius 3 is 2.24 bits per heavy atom. The maximum atomic E-state index is 2.41. The number of hydrogen-bond acceptors (Lipinski definition) is 2. The smallest absolute Gasteiger partial charge is 0.0445 e. The van der Waals surface area contributed by atoms with Gasteiger partial charge in [0.25, 0.3) is 0 Å². The molecule has 2 aromatic rings. The second kappa shape index (κ2) is 10.6. The van der Waals surface area contributed by atoms with Crippen LogP contribution in [0.1, 0.15) is 58.3 Å². The highest BCUT2D eigenvalue weighted by Crippen LogP contribution is 2.31. The van der Waals surface area contributed by atoms with Crippen molar-refractivity contribution >= 4 is 22.7 Å². The summed E-state index contributed by atoms with van der Waals surface area (Å²) in [5.74, 6) is 0. The Labute approximate surface area is 161 Å². The van der Waals surface area contributed by atoms with Gasteiger partial charge >= 0.3 is 0 Å². The molecule has 0 atom stereocenters. The van der Waals surface area contributed by atoms with Crippen LogP contribution in [0.5, 0.6) is 0 Å². The highest BCUT2D eigenvalue weighted by Gasteiger charge is 2.02. The van der Waals surface area contributed by atoms with E-state index in [1.54, 1.807) is 0 Å². The summed E-state index contributed by atoms with van der Waals surface area (Å²) in [6, 6.07) is 8.86. The van der Waals surface area contributed by atoms with E-state index in [1.165, 1.54) is 50.6 Å². The van der Waals surface area contributed by atoms with Crippen LogP contribution >= 0.6 is 22.7 Å². The van der Waals surface area contributed by atoms with Gasteiger partial charge in [0.15, 0.2) is 0 Å². The summed E-state index contributed by atoms with van der Waals surface area (Å²) < 4.78 is 0. The second-order valence-electron chi connectivity index (χ2n) is 6.91. The zero-order valence-corrected chi connectivity index (χ0v) is 17.6. The lowest BCUT2D eigenvalue weighted by Gasteiger charge is -2.01. The van der Waals surface area contributed by atoms with E-state index in [9.17, 15) is 0 Å². The topological polar surface area (TPSA) is 0 Å². The van der Waals surface area contributed by atoms with Crippen molar-refractivity contribution in [1.29, 1.82) is 0 Å². The quantitative estimate of drug-likeness (QED) is 0.388. The lowest BCUT2D eigenvalue weighted by atomic mass is 10.1. The molecule has 0 spiro atoms. The largest absolute Gasteiger partial charge is 0.143 e. The third-order valence-corrected chi connectivity index (χ3v) is 6.37. The minimum absolute atomic E-state index is 1.06. The Morgan fingerprint density at radius 1 is 0.840 bits per heavy atom. The van der Waals surface area contributed by atoms with Gasteiger partial charge in [0.2, 0.25) is 0 Å². The van der Waals surface area contributed by atoms with Gasteiger partial charge in [-0.2, -0.15) is 0 Å². The highest BCUT2D eigenvalue weighted by atomic mass is 32.1. The molecule has 2 rings (SSSR count). The summed E-state index contributed by atoms with van der Waals surface area (Å²) in [5, 5.41) is 2.15. The van der Waals surface area contributed by atoms with Crippen LogP contribution in [0.25, 0.3) is 9.75 Å². The first kappa shape index (κ1) is 19.9. The van der Waals surface area contributed by atoms with Gasteiger partial charge in [-0.25, -0.2) is 0 Å². The van der Waals surface area contributed by atoms with Crippen LogP contribution in [0, 0.1) is 0 Å². The van der Waals surface area contributed by atoms with Gasteiger partial charge in [0.05, 0.1) is 0 Å². The molecule has 0 bridgehead atoms. The fourth-order valence-electron chi connectivity index (χ4n) is 2.65. The van der Waals surface area contributed by atoms with Crippen molar-refractivity contribution in [3.8, 4) is 9.75 Å². The van der Waals surface area contributed by atoms with E-state index in [-0.39, 0.29) is 0 Å². The van der Waals surface area contributed by atoms with E-state index in [4.69, 9.17) is 0 Å². The van der Waals surface area contributed by atoms with Crippen molar-refractivity contribution in [1.82, 2.24) is 0 Å². The second-order valence-corrected chi connectivity index (χ2v) is 9.02. The molecule has 0 aliphatic heterocycles. The normalized spacial score (nSPS) is 12.5. The molecular weight excluding hydrogens is 340 g/mol. The van der Waals surface area contributed by atoms with E-state index >= 15 is 0 Å². The van der Waals surface area contributed by atoms with Crippen LogP contribution in [-0.4, -0.2) is 0 Å². The summed E-state index contributed by atoms with van der Waals surface area (Å²) in [7, 11) is 0. The highest BCUT2D eigenvalue weighted by molar-refractivity contribution is 7.21. The molecule has 0 aliphatic carbocycles. The maximum absolute atomic E-state index is 2.41. The average molecular weight is 371 g/mol. The monoisotopic (exact) mass is 370 g/mol. The molecule has 0 nitrogen and oxygen atoms in total. The number of thiophene rings is 2. The molecule has 134 valence electrons. The molecule has 25 heavy (non-hydrogen) atoms. The van der Waals surface area contributed by atoms with Crippen molar-refractivity contribution in [2.24, 2.45) is 0 Å². The van der Waals surface area contributed by atoms with E-state index in [1.807, 2.05) is 22.7 Å². The zero-order chi connectivity index (χ0) is 18.1. The van der Waals surface area contributed by atoms with E-state index < -0.39 is 0 Å². The Morgan fingerprint density at radius 2 is 1.56 bits per heavy atom. The average Bonchev–Trinajstić information content (AvgIpc) is 3.24. The summed E-state index contributed by atoms with van der Waals surface area (Å²) in [6.07, 6.45) is 12.9. The molecular formula is C23H30S2. The number of rotatable bonds is 9. The molecule has 0 unspecified atom stereocenters. The first-order valence-electron chi connectivity index (χ1n) is 9.12. The Bertz CT molecular complexity index is 720. The zero-order valence-electron chi connectivity index (χ0n) is 16.0. The van der Waals surface area contributed by atoms with Crippen molar-refractivity contribution in [3.05, 3.63) is 69.5 Å². The first-order chi connectivity index (χ1) is 12.0. The molecule has 2 heterocycles. The fraction of sp³-hybridized carbons (Fsp3) is 0.391. The molecule has 0 aromatic carbocycles. The first-order valence-corrected chi connectivity index (χ1v) is 10.8. The van der Waals surface area contributed by atoms with Crippen LogP contribution < -0.4 is 0 Å². The van der Waals surface area contributed by atoms with E-state index in [2.05, 4.69) is 75.6 Å². The lowest BCUT2D eigenvalue weighted by molar-refractivity contribution is 0.915. The van der Waals surface area contributed by atoms with Crippen molar-refractivity contribution in [2.45, 2.75) is 59.8 Å². The summed E-state index contributed by atoms with van der Waals surface area (Å²) in [4.78, 5) is 4.23. The van der Waals surface area contributed by atoms with Gasteiger partial charge in [-0.1, -0.05) is 41.0 Å². The fourth-order valence-corrected chi connectivity index (χ4v) is 4.46. The van der Waals surface area contributed by atoms with Crippen LogP contribution in [0.15, 0.2) is 64.6 Å². The van der Waals surface area contributed by atoms with Gasteiger partial charge in [-0.05, 0) is 83.4 Å². The van der Waals surface area contributed by atoms with E-state index in [0.717, 1.165) is 12.8 Å². The van der Waals surface area contributed by atoms with Crippen LogP contribution in [0.4, 0.5) is 0 Å². The predicted molar refractivity (Wildman–Crippen MR) is 117 cm³/mol. The molecule has 0 N–H and O–H groups in total. The molecule has 2 aromatic heterocycles. The Hall–Kier alpha value is -1.38. The van der Waals surface area contributed by atoms with Gasteiger partial charge in [-0.3, -0.25) is 0 Å². The Balaban J connectivity index is 1.75. The van der Waals surface area contributed by atoms with Gasteiger partial charge in [0.1, 0.15) is 0 Å². The summed E-state index contributed by atoms with van der Waals surface area (Å²) in [5.41, 5.74) is 4.44. The molecule has 0 fully saturated rings. The molecule has 0 saturated carbocycles. The van der Waals surface area contributed by atoms with E-state index in [0.29, 0.717) is 0 Å². The van der Waals surface area contributed by atoms with Crippen molar-refractivity contribution < 1.29 is 0 Å². The third kappa shape index (κ3) is 7.58. The van der Waals surface area contributed by atoms with Crippen LogP contribution in [0.3, 0.4) is 0 Å². The number of allylic oxidation sites excluding steroid dienone is 6. The standard InChI is InChI=1S/C23H30S2/c1-18(2)8-5-9-19(3)10-6-11-20(4)13-14-21-15-16-23(25-21)22-12-7-17-24-22/h7-8,10,12-13,15-17H,5-6,9,11,14H2,1-4H3. The van der Waals surface area contributed by atoms with Crippen LogP contribution in [0.2, 0.25) is 0 Å². The number of hydrogen-bond donors (Lipinski definition) is 0. The maximum Gasteiger partial charge on any atom is 0.0445 e. The van der Waals surface area contributed by atoms with Crippen LogP contribution in [-0.2, 0) is 6.42 Å². The van der Waals surface area contributed by atoms with Gasteiger partial charge in [0, 0.05) is 14.6 Å². The minimum Gasteiger partial charge on any atom is -0.143 e. The molecule has 0 radical (unpaired) electrons. The lowest BCUT2D eigenvalue weighted by Crippen LogP contribution is -1.82. The minimum atomic E-state index is 1.06. The van der Waals surface area contributed by atoms with Crippen molar-refractivity contribution in [2.75, 3.05) is 0 Å². The Kier molecular flexibility index (Phi) is 8.43. The molecule has 0 aliphatic rings. The SMILES string of the molecule is CC(C)=CCCC(C)=CCCC(C)=CCc1ccc(-c2cccs2)s1. The van der Waals surface area contributed by atoms with Crippen molar-refractivity contribution in [3.63, 3.8) is 0 Å². The summed E-state index contributed by atoms with van der Waals surface area (Å²) >= 11 is 3.74. The van der Waals surface area contributed by atoms with Gasteiger partial charge < -0.3 is 0 Å². The van der Waals surface area contributed by atoms with Gasteiger partial charge in [-0.15, -0.1) is 22.7 Å². The molecule has 2 heteroatoms. The third-order valence-electron chi connectivity index (χ3n) is 4.20.